The van der Waals surface area contributed by atoms with E-state index in [2.05, 4.69) is 76.4 Å². The third kappa shape index (κ3) is 4.43. The van der Waals surface area contributed by atoms with Crippen LogP contribution in [0.4, 0.5) is 5.69 Å². The molecule has 7 heteroatoms. The van der Waals surface area contributed by atoms with E-state index < -0.39 is 0 Å². The lowest BCUT2D eigenvalue weighted by Crippen LogP contribution is -2.45. The highest BCUT2D eigenvalue weighted by molar-refractivity contribution is 5.98. The molecule has 0 bridgehead atoms. The van der Waals surface area contributed by atoms with Crippen molar-refractivity contribution in [3.63, 3.8) is 0 Å². The van der Waals surface area contributed by atoms with Crippen molar-refractivity contribution in [1.29, 1.82) is 0 Å². The number of rotatable bonds is 6. The normalized spacial score (nSPS) is 15.4. The molecule has 1 aliphatic heterocycles. The SMILES string of the molecule is Cc1cc(-c2cnn3cc(N4CCC(N(C)CCN(C)C)CC4)cnc23)c2ccccc2n1. The minimum Gasteiger partial charge on any atom is -0.369 e. The van der Waals surface area contributed by atoms with Crippen LogP contribution in [0.3, 0.4) is 0 Å². The molecule has 33 heavy (non-hydrogen) atoms. The fraction of sp³-hybridized carbons (Fsp3) is 0.423. The predicted octanol–water partition coefficient (Wildman–Crippen LogP) is 3.72. The van der Waals surface area contributed by atoms with E-state index in [1.54, 1.807) is 0 Å². The number of nitrogens with zero attached hydrogens (tertiary/aromatic N) is 7. The first-order valence-corrected chi connectivity index (χ1v) is 11.8. The minimum absolute atomic E-state index is 0.650. The van der Waals surface area contributed by atoms with Gasteiger partial charge in [0.2, 0.25) is 0 Å². The summed E-state index contributed by atoms with van der Waals surface area (Å²) in [6.45, 7) is 6.35. The van der Waals surface area contributed by atoms with Gasteiger partial charge in [-0.1, -0.05) is 18.2 Å². The number of anilines is 1. The van der Waals surface area contributed by atoms with E-state index in [0.717, 1.165) is 65.2 Å². The Morgan fingerprint density at radius 1 is 1.00 bits per heavy atom. The van der Waals surface area contributed by atoms with E-state index in [1.807, 2.05) is 29.9 Å². The summed E-state index contributed by atoms with van der Waals surface area (Å²) in [4.78, 5) is 16.7. The van der Waals surface area contributed by atoms with Gasteiger partial charge in [0.05, 0.1) is 29.8 Å². The quantitative estimate of drug-likeness (QED) is 0.453. The van der Waals surface area contributed by atoms with Gasteiger partial charge in [-0.05, 0) is 58.6 Å². The molecule has 0 unspecified atom stereocenters. The molecular formula is C26H33N7. The van der Waals surface area contributed by atoms with E-state index in [1.165, 1.54) is 12.8 Å². The molecular weight excluding hydrogens is 410 g/mol. The van der Waals surface area contributed by atoms with Crippen LogP contribution >= 0.6 is 0 Å². The van der Waals surface area contributed by atoms with Crippen molar-refractivity contribution in [3.05, 3.63) is 54.6 Å². The lowest BCUT2D eigenvalue weighted by molar-refractivity contribution is 0.190. The van der Waals surface area contributed by atoms with Crippen LogP contribution in [0, 0.1) is 6.92 Å². The second-order valence-electron chi connectivity index (χ2n) is 9.47. The number of fused-ring (bicyclic) bond motifs is 2. The lowest BCUT2D eigenvalue weighted by Gasteiger charge is -2.38. The molecule has 1 aromatic carbocycles. The highest BCUT2D eigenvalue weighted by atomic mass is 15.3. The summed E-state index contributed by atoms with van der Waals surface area (Å²) >= 11 is 0. The highest BCUT2D eigenvalue weighted by Crippen LogP contribution is 2.31. The fourth-order valence-corrected chi connectivity index (χ4v) is 4.85. The van der Waals surface area contributed by atoms with Gasteiger partial charge in [0, 0.05) is 48.9 Å². The molecule has 7 nitrogen and oxygen atoms in total. The van der Waals surface area contributed by atoms with Crippen LogP contribution in [-0.2, 0) is 0 Å². The molecule has 0 amide bonds. The van der Waals surface area contributed by atoms with Gasteiger partial charge in [-0.25, -0.2) is 9.50 Å². The van der Waals surface area contributed by atoms with Crippen molar-refractivity contribution in [1.82, 2.24) is 29.4 Å². The van der Waals surface area contributed by atoms with Gasteiger partial charge in [-0.3, -0.25) is 4.98 Å². The van der Waals surface area contributed by atoms with Crippen LogP contribution in [0.5, 0.6) is 0 Å². The summed E-state index contributed by atoms with van der Waals surface area (Å²) in [5.41, 5.74) is 6.20. The predicted molar refractivity (Wildman–Crippen MR) is 135 cm³/mol. The first-order chi connectivity index (χ1) is 16.0. The molecule has 172 valence electrons. The number of hydrogen-bond acceptors (Lipinski definition) is 6. The highest BCUT2D eigenvalue weighted by Gasteiger charge is 2.23. The molecule has 1 aliphatic rings. The molecule has 4 aromatic rings. The van der Waals surface area contributed by atoms with Crippen LogP contribution in [0.1, 0.15) is 18.5 Å². The molecule has 4 heterocycles. The van der Waals surface area contributed by atoms with Gasteiger partial charge < -0.3 is 14.7 Å². The number of pyridine rings is 1. The standard InChI is InChI=1S/C26H33N7/c1-19-15-23(22-7-5-6-8-25(22)29-19)24-17-28-33-18-21(16-27-26(24)33)32-11-9-20(10-12-32)31(4)14-13-30(2)3/h5-8,15-18,20H,9-14H2,1-4H3. The second kappa shape index (κ2) is 9.08. The van der Waals surface area contributed by atoms with Gasteiger partial charge in [0.25, 0.3) is 0 Å². The number of aromatic nitrogens is 4. The smallest absolute Gasteiger partial charge is 0.162 e. The van der Waals surface area contributed by atoms with Crippen molar-refractivity contribution < 1.29 is 0 Å². The van der Waals surface area contributed by atoms with E-state index in [4.69, 9.17) is 4.98 Å². The van der Waals surface area contributed by atoms with Gasteiger partial charge >= 0.3 is 0 Å². The molecule has 0 saturated carbocycles. The first kappa shape index (κ1) is 21.8. The molecule has 1 fully saturated rings. The summed E-state index contributed by atoms with van der Waals surface area (Å²) in [6.07, 6.45) is 8.41. The first-order valence-electron chi connectivity index (χ1n) is 11.8. The van der Waals surface area contributed by atoms with Crippen LogP contribution < -0.4 is 4.90 Å². The fourth-order valence-electron chi connectivity index (χ4n) is 4.85. The van der Waals surface area contributed by atoms with Crippen molar-refractivity contribution in [2.75, 3.05) is 52.2 Å². The van der Waals surface area contributed by atoms with Gasteiger partial charge in [-0.2, -0.15) is 5.10 Å². The zero-order valence-electron chi connectivity index (χ0n) is 20.1. The minimum atomic E-state index is 0.650. The molecule has 1 saturated heterocycles. The molecule has 0 spiro atoms. The van der Waals surface area contributed by atoms with Crippen LogP contribution in [-0.4, -0.2) is 82.7 Å². The third-order valence-corrected chi connectivity index (χ3v) is 6.83. The molecule has 0 aliphatic carbocycles. The number of para-hydroxylation sites is 1. The van der Waals surface area contributed by atoms with Crippen LogP contribution in [0.25, 0.3) is 27.7 Å². The molecule has 3 aromatic heterocycles. The van der Waals surface area contributed by atoms with Crippen molar-refractivity contribution in [3.8, 4) is 11.1 Å². The van der Waals surface area contributed by atoms with Crippen LogP contribution in [0.15, 0.2) is 48.9 Å². The van der Waals surface area contributed by atoms with Crippen molar-refractivity contribution in [2.24, 2.45) is 0 Å². The van der Waals surface area contributed by atoms with E-state index in [0.29, 0.717) is 6.04 Å². The summed E-state index contributed by atoms with van der Waals surface area (Å²) in [5.74, 6) is 0. The Kier molecular flexibility index (Phi) is 6.00. The number of benzene rings is 1. The summed E-state index contributed by atoms with van der Waals surface area (Å²) in [6, 6.07) is 11.0. The van der Waals surface area contributed by atoms with Gasteiger partial charge in [-0.15, -0.1) is 0 Å². The van der Waals surface area contributed by atoms with Crippen molar-refractivity contribution in [2.45, 2.75) is 25.8 Å². The topological polar surface area (TPSA) is 52.8 Å². The Balaban J connectivity index is 1.36. The largest absolute Gasteiger partial charge is 0.369 e. The number of piperidine rings is 1. The Bertz CT molecular complexity index is 1250. The maximum absolute atomic E-state index is 4.85. The van der Waals surface area contributed by atoms with Gasteiger partial charge in [0.15, 0.2) is 5.65 Å². The molecule has 0 atom stereocenters. The monoisotopic (exact) mass is 443 g/mol. The maximum atomic E-state index is 4.85. The Labute approximate surface area is 195 Å². The van der Waals surface area contributed by atoms with Gasteiger partial charge in [0.1, 0.15) is 0 Å². The molecule has 0 radical (unpaired) electrons. The van der Waals surface area contributed by atoms with E-state index in [9.17, 15) is 0 Å². The average Bonchev–Trinajstić information content (AvgIpc) is 3.25. The average molecular weight is 444 g/mol. The lowest BCUT2D eigenvalue weighted by atomic mass is 10.0. The second-order valence-corrected chi connectivity index (χ2v) is 9.47. The zero-order chi connectivity index (χ0) is 22.9. The van der Waals surface area contributed by atoms with E-state index >= 15 is 0 Å². The number of hydrogen-bond donors (Lipinski definition) is 0. The molecule has 0 N–H and O–H groups in total. The number of aryl methyl sites for hydroxylation is 1. The van der Waals surface area contributed by atoms with E-state index in [-0.39, 0.29) is 0 Å². The number of likely N-dealkylation sites (N-methyl/N-ethyl adjacent to an activating group) is 2. The van der Waals surface area contributed by atoms with Crippen LogP contribution in [0.2, 0.25) is 0 Å². The summed E-state index contributed by atoms with van der Waals surface area (Å²) < 4.78 is 1.92. The summed E-state index contributed by atoms with van der Waals surface area (Å²) in [7, 11) is 6.53. The van der Waals surface area contributed by atoms with Crippen molar-refractivity contribution >= 4 is 22.2 Å². The Morgan fingerprint density at radius 3 is 2.58 bits per heavy atom. The Hall–Kier alpha value is -3.03. The Morgan fingerprint density at radius 2 is 1.79 bits per heavy atom. The summed E-state index contributed by atoms with van der Waals surface area (Å²) in [5, 5.41) is 5.79. The maximum Gasteiger partial charge on any atom is 0.162 e. The zero-order valence-corrected chi connectivity index (χ0v) is 20.1. The molecule has 5 rings (SSSR count). The third-order valence-electron chi connectivity index (χ3n) is 6.83.